The number of piperazine rings is 1. The van der Waals surface area contributed by atoms with Crippen LogP contribution < -0.4 is 4.90 Å². The minimum Gasteiger partial charge on any atom is -0.466 e. The van der Waals surface area contributed by atoms with Gasteiger partial charge >= 0.3 is 5.97 Å². The number of rotatable bonds is 6. The van der Waals surface area contributed by atoms with Crippen molar-refractivity contribution in [2.45, 2.75) is 64.7 Å². The van der Waals surface area contributed by atoms with Gasteiger partial charge in [-0.1, -0.05) is 45.9 Å². The van der Waals surface area contributed by atoms with Crippen LogP contribution in [0.3, 0.4) is 0 Å². The van der Waals surface area contributed by atoms with Crippen LogP contribution in [-0.4, -0.2) is 55.2 Å². The number of carbonyl (C=O) groups excluding carboxylic acids is 1. The van der Waals surface area contributed by atoms with Gasteiger partial charge in [0.15, 0.2) is 0 Å². The third-order valence-corrected chi connectivity index (χ3v) is 8.58. The molecule has 188 valence electrons. The van der Waals surface area contributed by atoms with Gasteiger partial charge in [-0.25, -0.2) is 4.98 Å². The van der Waals surface area contributed by atoms with E-state index in [2.05, 4.69) is 73.9 Å². The minimum absolute atomic E-state index is 0.00807. The second-order valence-corrected chi connectivity index (χ2v) is 12.1. The normalized spacial score (nSPS) is 25.1. The first-order valence-corrected chi connectivity index (χ1v) is 13.4. The van der Waals surface area contributed by atoms with E-state index in [9.17, 15) is 4.79 Å². The van der Waals surface area contributed by atoms with Crippen molar-refractivity contribution < 1.29 is 9.53 Å². The number of benzene rings is 1. The zero-order valence-electron chi connectivity index (χ0n) is 22.1. The van der Waals surface area contributed by atoms with Crippen molar-refractivity contribution in [3.8, 4) is 11.3 Å². The summed E-state index contributed by atoms with van der Waals surface area (Å²) in [6.07, 6.45) is 3.43. The molecule has 2 aliphatic carbocycles. The number of hydrogen-bond acceptors (Lipinski definition) is 5. The number of esters is 1. The Morgan fingerprint density at radius 3 is 2.43 bits per heavy atom. The molecule has 0 amide bonds. The monoisotopic (exact) mass is 475 g/mol. The van der Waals surface area contributed by atoms with Crippen LogP contribution in [0.4, 0.5) is 5.82 Å². The summed E-state index contributed by atoms with van der Waals surface area (Å²) in [6.45, 7) is 16.8. The molecule has 5 rings (SSSR count). The molecule has 35 heavy (non-hydrogen) atoms. The van der Waals surface area contributed by atoms with E-state index < -0.39 is 0 Å². The van der Waals surface area contributed by atoms with E-state index >= 15 is 0 Å². The number of nitrogens with zero attached hydrogens (tertiary/aromatic N) is 3. The van der Waals surface area contributed by atoms with E-state index in [1.807, 2.05) is 6.92 Å². The molecule has 2 heterocycles. The minimum atomic E-state index is -0.00807. The van der Waals surface area contributed by atoms with Crippen molar-refractivity contribution in [2.75, 3.05) is 44.2 Å². The molecular formula is C30H41N3O2. The fraction of sp³-hybridized carbons (Fsp3) is 0.600. The van der Waals surface area contributed by atoms with Gasteiger partial charge in [-0.2, -0.15) is 0 Å². The molecule has 0 bridgehead atoms. The number of ether oxygens (including phenoxy) is 1. The lowest BCUT2D eigenvalue weighted by molar-refractivity contribution is -0.145. The van der Waals surface area contributed by atoms with Crippen molar-refractivity contribution in [1.82, 2.24) is 9.88 Å². The number of fused-ring (bicyclic) bond motifs is 1. The summed E-state index contributed by atoms with van der Waals surface area (Å²) in [5.41, 5.74) is 5.67. The molecule has 3 aliphatic rings. The molecule has 1 aromatic heterocycles. The lowest BCUT2D eigenvalue weighted by Crippen LogP contribution is -2.47. The predicted octanol–water partition coefficient (Wildman–Crippen LogP) is 5.42. The summed E-state index contributed by atoms with van der Waals surface area (Å²) >= 11 is 0. The van der Waals surface area contributed by atoms with Crippen molar-refractivity contribution in [3.05, 3.63) is 47.5 Å². The highest BCUT2D eigenvalue weighted by Crippen LogP contribution is 2.46. The van der Waals surface area contributed by atoms with Gasteiger partial charge in [-0.15, -0.1) is 0 Å². The Kier molecular flexibility index (Phi) is 6.41. The maximum absolute atomic E-state index is 11.9. The molecule has 0 spiro atoms. The maximum Gasteiger partial charge on any atom is 0.309 e. The van der Waals surface area contributed by atoms with Crippen LogP contribution in [0.2, 0.25) is 0 Å². The highest BCUT2D eigenvalue weighted by molar-refractivity contribution is 5.75. The zero-order chi connectivity index (χ0) is 24.8. The molecule has 2 aromatic rings. The number of aromatic nitrogens is 1. The zero-order valence-corrected chi connectivity index (χ0v) is 22.1. The molecule has 1 aliphatic heterocycles. The summed E-state index contributed by atoms with van der Waals surface area (Å²) in [4.78, 5) is 21.9. The first-order valence-electron chi connectivity index (χ1n) is 13.4. The fourth-order valence-corrected chi connectivity index (χ4v) is 5.99. The van der Waals surface area contributed by atoms with Crippen LogP contribution in [0.1, 0.15) is 65.0 Å². The largest absolute Gasteiger partial charge is 0.466 e. The Hall–Kier alpha value is -2.40. The lowest BCUT2D eigenvalue weighted by Gasteiger charge is -2.42. The van der Waals surface area contributed by atoms with Gasteiger partial charge in [-0.05, 0) is 72.3 Å². The fourth-order valence-electron chi connectivity index (χ4n) is 5.99. The van der Waals surface area contributed by atoms with Crippen LogP contribution >= 0.6 is 0 Å². The quantitative estimate of drug-likeness (QED) is 0.522. The molecule has 1 saturated heterocycles. The predicted molar refractivity (Wildman–Crippen MR) is 142 cm³/mol. The highest BCUT2D eigenvalue weighted by Gasteiger charge is 2.45. The Bertz CT molecular complexity index is 1080. The number of carbonyl (C=O) groups is 1. The Labute approximate surface area is 210 Å². The van der Waals surface area contributed by atoms with Gasteiger partial charge in [0.05, 0.1) is 18.2 Å². The van der Waals surface area contributed by atoms with Crippen LogP contribution in [0.15, 0.2) is 36.4 Å². The van der Waals surface area contributed by atoms with E-state index in [1.54, 1.807) is 0 Å². The Balaban J connectivity index is 1.25. The molecule has 0 radical (unpaired) electrons. The third kappa shape index (κ3) is 4.97. The van der Waals surface area contributed by atoms with E-state index in [4.69, 9.17) is 9.72 Å². The smallest absolute Gasteiger partial charge is 0.309 e. The highest BCUT2D eigenvalue weighted by atomic mass is 16.5. The molecule has 5 nitrogen and oxygen atoms in total. The summed E-state index contributed by atoms with van der Waals surface area (Å²) in [5.74, 6) is 1.65. The molecular weight excluding hydrogens is 434 g/mol. The average molecular weight is 476 g/mol. The number of anilines is 1. The molecule has 1 aromatic carbocycles. The van der Waals surface area contributed by atoms with Crippen molar-refractivity contribution in [2.24, 2.45) is 11.8 Å². The van der Waals surface area contributed by atoms with Gasteiger partial charge < -0.3 is 9.64 Å². The van der Waals surface area contributed by atoms with Crippen molar-refractivity contribution in [3.63, 3.8) is 0 Å². The van der Waals surface area contributed by atoms with E-state index in [1.165, 1.54) is 29.5 Å². The second kappa shape index (κ2) is 9.24. The first kappa shape index (κ1) is 24.3. The summed E-state index contributed by atoms with van der Waals surface area (Å²) in [7, 11) is 0. The van der Waals surface area contributed by atoms with Gasteiger partial charge in [0, 0.05) is 38.3 Å². The van der Waals surface area contributed by atoms with E-state index in [0.717, 1.165) is 50.7 Å². The van der Waals surface area contributed by atoms with Gasteiger partial charge in [0.1, 0.15) is 5.82 Å². The second-order valence-electron chi connectivity index (χ2n) is 12.1. The molecule has 2 unspecified atom stereocenters. The Morgan fingerprint density at radius 2 is 1.71 bits per heavy atom. The van der Waals surface area contributed by atoms with Gasteiger partial charge in [-0.3, -0.25) is 9.69 Å². The molecule has 1 saturated carbocycles. The average Bonchev–Trinajstić information content (AvgIpc) is 3.62. The first-order chi connectivity index (χ1) is 16.7. The maximum atomic E-state index is 11.9. The summed E-state index contributed by atoms with van der Waals surface area (Å²) < 4.78 is 5.19. The topological polar surface area (TPSA) is 45.7 Å². The molecule has 2 fully saturated rings. The van der Waals surface area contributed by atoms with E-state index in [0.29, 0.717) is 12.5 Å². The van der Waals surface area contributed by atoms with Gasteiger partial charge in [0.25, 0.3) is 0 Å². The van der Waals surface area contributed by atoms with Gasteiger partial charge in [0.2, 0.25) is 0 Å². The Morgan fingerprint density at radius 1 is 1.00 bits per heavy atom. The van der Waals surface area contributed by atoms with Crippen LogP contribution in [0.25, 0.3) is 11.3 Å². The van der Waals surface area contributed by atoms with E-state index in [-0.39, 0.29) is 22.7 Å². The standard InChI is InChI=1S/C30H41N3O2/c1-6-35-28(34)23-18-22(23)20-32-14-16-33(17-15-32)27-9-7-8-26(31-27)21-10-11-24-25(19-21)30(4,5)13-12-29(24,2)3/h7-11,19,22-23H,6,12-18,20H2,1-5H3. The van der Waals surface area contributed by atoms with Crippen LogP contribution in [0, 0.1) is 11.8 Å². The summed E-state index contributed by atoms with van der Waals surface area (Å²) in [5, 5.41) is 0. The van der Waals surface area contributed by atoms with Crippen LogP contribution in [-0.2, 0) is 20.4 Å². The molecule has 2 atom stereocenters. The number of hydrogen-bond donors (Lipinski definition) is 0. The summed E-state index contributed by atoms with van der Waals surface area (Å²) in [6, 6.07) is 13.4. The lowest BCUT2D eigenvalue weighted by atomic mass is 9.63. The van der Waals surface area contributed by atoms with Crippen molar-refractivity contribution in [1.29, 1.82) is 0 Å². The number of pyridine rings is 1. The molecule has 5 heteroatoms. The van der Waals surface area contributed by atoms with Crippen molar-refractivity contribution >= 4 is 11.8 Å². The molecule has 0 N–H and O–H groups in total. The van der Waals surface area contributed by atoms with Crippen LogP contribution in [0.5, 0.6) is 0 Å². The SMILES string of the molecule is CCOC(=O)C1CC1CN1CCN(c2cccc(-c3ccc4c(c3)C(C)(C)CCC4(C)C)n2)CC1. The third-order valence-electron chi connectivity index (χ3n) is 8.58.